The molecule has 0 heterocycles. The summed E-state index contributed by atoms with van der Waals surface area (Å²) in [7, 11) is 0. The first kappa shape index (κ1) is 16.8. The second-order valence-corrected chi connectivity index (χ2v) is 4.91. The number of carbonyl (C=O) groups is 1. The molecule has 0 unspecified atom stereocenters. The van der Waals surface area contributed by atoms with Gasteiger partial charge in [-0.15, -0.1) is 0 Å². The van der Waals surface area contributed by atoms with Crippen molar-refractivity contribution in [2.75, 3.05) is 0 Å². The Kier molecular flexibility index (Phi) is 6.84. The van der Waals surface area contributed by atoms with E-state index in [0.29, 0.717) is 12.2 Å². The summed E-state index contributed by atoms with van der Waals surface area (Å²) < 4.78 is 10.8. The van der Waals surface area contributed by atoms with Gasteiger partial charge in [-0.25, -0.2) is 0 Å². The molecule has 0 spiro atoms. The van der Waals surface area contributed by atoms with E-state index < -0.39 is 0 Å². The van der Waals surface area contributed by atoms with Gasteiger partial charge < -0.3 is 9.47 Å². The lowest BCUT2D eigenvalue weighted by Gasteiger charge is -2.21. The highest BCUT2D eigenvalue weighted by Gasteiger charge is 2.11. The highest BCUT2D eigenvalue weighted by atomic mass is 32.1. The van der Waals surface area contributed by atoms with Gasteiger partial charge in [-0.05, 0) is 51.5 Å². The Labute approximate surface area is 116 Å². The first-order valence-corrected chi connectivity index (χ1v) is 5.90. The van der Waals surface area contributed by atoms with E-state index in [1.54, 1.807) is 24.3 Å². The molecule has 0 fully saturated rings. The van der Waals surface area contributed by atoms with Crippen LogP contribution in [0.25, 0.3) is 0 Å². The van der Waals surface area contributed by atoms with Crippen LogP contribution in [0.5, 0.6) is 11.5 Å². The number of hydrogen-bond acceptors (Lipinski definition) is 3. The smallest absolute Gasteiger partial charge is 0.311 e. The minimum Gasteiger partial charge on any atom is -0.488 e. The quantitative estimate of drug-likeness (QED) is 0.618. The van der Waals surface area contributed by atoms with Gasteiger partial charge in [-0.1, -0.05) is 6.92 Å². The average molecular weight is 270 g/mol. The molecule has 4 heteroatoms. The molecular weight excluding hydrogens is 248 g/mol. The molecule has 0 atom stereocenters. The highest BCUT2D eigenvalue weighted by Crippen LogP contribution is 2.21. The lowest BCUT2D eigenvalue weighted by Crippen LogP contribution is -2.22. The third-order valence-electron chi connectivity index (χ3n) is 1.93. The van der Waals surface area contributed by atoms with Crippen LogP contribution in [0, 0.1) is 0 Å². The van der Waals surface area contributed by atoms with Crippen molar-refractivity contribution in [2.45, 2.75) is 46.1 Å². The predicted octanol–water partition coefficient (Wildman–Crippen LogP) is 3.68. The minimum atomic E-state index is -0.222. The van der Waals surface area contributed by atoms with Crippen LogP contribution in [-0.2, 0) is 4.79 Å². The second-order valence-electron chi connectivity index (χ2n) is 4.91. The molecule has 0 saturated heterocycles. The number of esters is 1. The van der Waals surface area contributed by atoms with Crippen LogP contribution in [0.15, 0.2) is 24.3 Å². The molecule has 1 aromatic carbocycles. The van der Waals surface area contributed by atoms with Crippen LogP contribution in [0.1, 0.15) is 40.5 Å². The van der Waals surface area contributed by atoms with Crippen molar-refractivity contribution in [3.8, 4) is 11.5 Å². The summed E-state index contributed by atoms with van der Waals surface area (Å²) in [6.07, 6.45) is 1.24. The van der Waals surface area contributed by atoms with E-state index in [-0.39, 0.29) is 25.1 Å². The van der Waals surface area contributed by atoms with Gasteiger partial charge in [0, 0.05) is 6.42 Å². The molecule has 0 saturated carbocycles. The Bertz CT molecular complexity index is 366. The molecule has 0 aliphatic rings. The number of ether oxygens (including phenoxy) is 2. The van der Waals surface area contributed by atoms with Crippen LogP contribution in [0.3, 0.4) is 0 Å². The Morgan fingerprint density at radius 1 is 1.11 bits per heavy atom. The first-order valence-electron chi connectivity index (χ1n) is 5.90. The normalized spacial score (nSPS) is 10.4. The summed E-state index contributed by atoms with van der Waals surface area (Å²) in [4.78, 5) is 11.3. The van der Waals surface area contributed by atoms with E-state index in [1.807, 2.05) is 27.7 Å². The van der Waals surface area contributed by atoms with Crippen LogP contribution in [-0.4, -0.2) is 11.6 Å². The maximum Gasteiger partial charge on any atom is 0.311 e. The molecule has 1 rings (SSSR count). The summed E-state index contributed by atoms with van der Waals surface area (Å²) in [5.74, 6) is 1.13. The molecule has 0 aromatic heterocycles. The summed E-state index contributed by atoms with van der Waals surface area (Å²) in [5, 5.41) is 0. The Morgan fingerprint density at radius 2 is 1.61 bits per heavy atom. The Morgan fingerprint density at radius 3 is 2.06 bits per heavy atom. The molecular formula is C14H22O3S. The molecule has 0 amide bonds. The molecule has 1 aromatic rings. The fourth-order valence-corrected chi connectivity index (χ4v) is 1.32. The number of carbonyl (C=O) groups excluding carboxylic acids is 1. The monoisotopic (exact) mass is 270 g/mol. The molecule has 0 aliphatic heterocycles. The van der Waals surface area contributed by atoms with Gasteiger partial charge in [0.1, 0.15) is 17.1 Å². The average Bonchev–Trinajstić information content (AvgIpc) is 2.19. The van der Waals surface area contributed by atoms with Gasteiger partial charge in [0.15, 0.2) is 0 Å². The lowest BCUT2D eigenvalue weighted by molar-refractivity contribution is -0.134. The fraction of sp³-hybridized carbons (Fsp3) is 0.500. The number of rotatable bonds is 4. The van der Waals surface area contributed by atoms with Gasteiger partial charge in [0.05, 0.1) is 0 Å². The zero-order chi connectivity index (χ0) is 12.9. The Balaban J connectivity index is 0.00000289. The SMILES string of the molecule is CCCC(=O)Oc1ccc(OC(C)(C)C)cc1.S. The van der Waals surface area contributed by atoms with E-state index in [1.165, 1.54) is 0 Å². The summed E-state index contributed by atoms with van der Waals surface area (Å²) in [6, 6.07) is 7.10. The molecule has 3 nitrogen and oxygen atoms in total. The summed E-state index contributed by atoms with van der Waals surface area (Å²) in [6.45, 7) is 7.91. The van der Waals surface area contributed by atoms with Crippen LogP contribution >= 0.6 is 13.5 Å². The number of benzene rings is 1. The zero-order valence-corrected chi connectivity index (χ0v) is 12.4. The summed E-state index contributed by atoms with van der Waals surface area (Å²) in [5.41, 5.74) is -0.222. The first-order chi connectivity index (χ1) is 7.90. The second kappa shape index (κ2) is 7.31. The molecule has 0 N–H and O–H groups in total. The van der Waals surface area contributed by atoms with E-state index in [2.05, 4.69) is 0 Å². The summed E-state index contributed by atoms with van der Waals surface area (Å²) >= 11 is 0. The van der Waals surface area contributed by atoms with Crippen molar-refractivity contribution in [2.24, 2.45) is 0 Å². The predicted molar refractivity (Wildman–Crippen MR) is 77.7 cm³/mol. The molecule has 0 aliphatic carbocycles. The van der Waals surface area contributed by atoms with E-state index in [0.717, 1.165) is 12.2 Å². The van der Waals surface area contributed by atoms with Crippen molar-refractivity contribution in [3.05, 3.63) is 24.3 Å². The van der Waals surface area contributed by atoms with Crippen molar-refractivity contribution in [1.29, 1.82) is 0 Å². The minimum absolute atomic E-state index is 0. The maximum atomic E-state index is 11.3. The Hall–Kier alpha value is -1.16. The van der Waals surface area contributed by atoms with Crippen molar-refractivity contribution < 1.29 is 14.3 Å². The van der Waals surface area contributed by atoms with Gasteiger partial charge in [-0.2, -0.15) is 13.5 Å². The van der Waals surface area contributed by atoms with Gasteiger partial charge in [0.2, 0.25) is 0 Å². The van der Waals surface area contributed by atoms with E-state index in [9.17, 15) is 4.79 Å². The van der Waals surface area contributed by atoms with Crippen LogP contribution in [0.2, 0.25) is 0 Å². The van der Waals surface area contributed by atoms with E-state index >= 15 is 0 Å². The van der Waals surface area contributed by atoms with Gasteiger partial charge in [0.25, 0.3) is 0 Å². The van der Waals surface area contributed by atoms with Crippen molar-refractivity contribution >= 4 is 19.5 Å². The maximum absolute atomic E-state index is 11.3. The zero-order valence-electron chi connectivity index (χ0n) is 11.4. The molecule has 0 radical (unpaired) electrons. The molecule has 18 heavy (non-hydrogen) atoms. The fourth-order valence-electron chi connectivity index (χ4n) is 1.32. The third kappa shape index (κ3) is 6.55. The topological polar surface area (TPSA) is 35.5 Å². The molecule has 102 valence electrons. The van der Waals surface area contributed by atoms with Gasteiger partial charge in [-0.3, -0.25) is 4.79 Å². The van der Waals surface area contributed by atoms with E-state index in [4.69, 9.17) is 9.47 Å². The standard InChI is InChI=1S/C14H20O3.H2S/c1-5-6-13(15)16-11-7-9-12(10-8-11)17-14(2,3)4;/h7-10H,5-6H2,1-4H3;1H2. The van der Waals surface area contributed by atoms with Crippen LogP contribution in [0.4, 0.5) is 0 Å². The third-order valence-corrected chi connectivity index (χ3v) is 1.93. The lowest BCUT2D eigenvalue weighted by atomic mass is 10.2. The largest absolute Gasteiger partial charge is 0.488 e. The van der Waals surface area contributed by atoms with Gasteiger partial charge >= 0.3 is 5.97 Å². The van der Waals surface area contributed by atoms with Crippen molar-refractivity contribution in [1.82, 2.24) is 0 Å². The number of hydrogen-bond donors (Lipinski definition) is 0. The molecule has 0 bridgehead atoms. The van der Waals surface area contributed by atoms with Crippen LogP contribution < -0.4 is 9.47 Å². The van der Waals surface area contributed by atoms with Crippen molar-refractivity contribution in [3.63, 3.8) is 0 Å². The highest BCUT2D eigenvalue weighted by molar-refractivity contribution is 7.59.